The van der Waals surface area contributed by atoms with E-state index < -0.39 is 0 Å². The van der Waals surface area contributed by atoms with Gasteiger partial charge in [0.15, 0.2) is 0 Å². The molecular formula is C18H19ClN2O. The lowest BCUT2D eigenvalue weighted by molar-refractivity contribution is 0.0940. The number of nitrogens with zero attached hydrogens (tertiary/aromatic N) is 1. The van der Waals surface area contributed by atoms with Crippen molar-refractivity contribution in [3.63, 3.8) is 0 Å². The summed E-state index contributed by atoms with van der Waals surface area (Å²) in [5.41, 5.74) is 3.13. The Balaban J connectivity index is 1.59. The summed E-state index contributed by atoms with van der Waals surface area (Å²) in [5, 5.41) is 3.74. The number of hydrogen-bond acceptors (Lipinski definition) is 2. The normalized spacial score (nSPS) is 17.5. The Morgan fingerprint density at radius 2 is 1.82 bits per heavy atom. The number of carbonyl (C=O) groups excluding carboxylic acids is 1. The van der Waals surface area contributed by atoms with E-state index in [2.05, 4.69) is 41.4 Å². The lowest BCUT2D eigenvalue weighted by Crippen LogP contribution is -2.37. The Kier molecular flexibility index (Phi) is 4.34. The van der Waals surface area contributed by atoms with Crippen LogP contribution in [0.25, 0.3) is 0 Å². The molecule has 114 valence electrons. The van der Waals surface area contributed by atoms with Crippen molar-refractivity contribution in [2.24, 2.45) is 0 Å². The van der Waals surface area contributed by atoms with Gasteiger partial charge in [0, 0.05) is 35.4 Å². The van der Waals surface area contributed by atoms with Crippen molar-refractivity contribution >= 4 is 23.2 Å². The third kappa shape index (κ3) is 3.42. The molecule has 1 unspecified atom stereocenters. The molecule has 0 aromatic heterocycles. The van der Waals surface area contributed by atoms with Crippen molar-refractivity contribution in [2.75, 3.05) is 18.0 Å². The van der Waals surface area contributed by atoms with Crippen LogP contribution in [0.4, 0.5) is 5.69 Å². The molecule has 1 fully saturated rings. The number of amides is 1. The van der Waals surface area contributed by atoms with Gasteiger partial charge in [0.25, 0.3) is 5.91 Å². The highest BCUT2D eigenvalue weighted by Gasteiger charge is 2.24. The molecule has 4 heteroatoms. The van der Waals surface area contributed by atoms with Crippen molar-refractivity contribution in [3.05, 3.63) is 64.7 Å². The Morgan fingerprint density at radius 1 is 1.14 bits per heavy atom. The minimum Gasteiger partial charge on any atom is -0.369 e. The van der Waals surface area contributed by atoms with E-state index in [1.54, 1.807) is 24.3 Å². The molecule has 1 amide bonds. The second kappa shape index (κ2) is 6.41. The Morgan fingerprint density at radius 3 is 2.50 bits per heavy atom. The van der Waals surface area contributed by atoms with Gasteiger partial charge < -0.3 is 10.2 Å². The molecule has 1 aliphatic rings. The van der Waals surface area contributed by atoms with E-state index in [1.807, 2.05) is 0 Å². The molecule has 3 rings (SSSR count). The first kappa shape index (κ1) is 14.9. The first-order chi connectivity index (χ1) is 10.6. The molecule has 3 nitrogen and oxygen atoms in total. The molecule has 0 spiro atoms. The number of anilines is 1. The Hall–Kier alpha value is -2.00. The summed E-state index contributed by atoms with van der Waals surface area (Å²) >= 11 is 5.85. The lowest BCUT2D eigenvalue weighted by Gasteiger charge is -2.19. The first-order valence-electron chi connectivity index (χ1n) is 7.50. The number of benzene rings is 2. The third-order valence-electron chi connectivity index (χ3n) is 4.03. The third-order valence-corrected chi connectivity index (χ3v) is 4.28. The van der Waals surface area contributed by atoms with Crippen molar-refractivity contribution in [3.8, 4) is 0 Å². The van der Waals surface area contributed by atoms with Crippen LogP contribution in [0.3, 0.4) is 0 Å². The first-order valence-corrected chi connectivity index (χ1v) is 7.88. The second-order valence-corrected chi connectivity index (χ2v) is 6.18. The molecule has 0 bridgehead atoms. The molecule has 1 N–H and O–H groups in total. The Bertz CT molecular complexity index is 652. The molecular weight excluding hydrogens is 296 g/mol. The van der Waals surface area contributed by atoms with Crippen LogP contribution in [0.5, 0.6) is 0 Å². The number of hydrogen-bond donors (Lipinski definition) is 1. The molecule has 2 aromatic rings. The van der Waals surface area contributed by atoms with E-state index in [9.17, 15) is 4.79 Å². The van der Waals surface area contributed by atoms with Crippen LogP contribution >= 0.6 is 11.6 Å². The molecule has 1 heterocycles. The minimum atomic E-state index is -0.0348. The van der Waals surface area contributed by atoms with Crippen LogP contribution in [0.1, 0.15) is 22.3 Å². The average Bonchev–Trinajstić information content (AvgIpc) is 2.97. The summed E-state index contributed by atoms with van der Waals surface area (Å²) < 4.78 is 0. The zero-order valence-electron chi connectivity index (χ0n) is 12.6. The van der Waals surface area contributed by atoms with Crippen LogP contribution in [-0.2, 0) is 0 Å². The molecule has 1 aliphatic heterocycles. The van der Waals surface area contributed by atoms with Gasteiger partial charge in [-0.2, -0.15) is 0 Å². The second-order valence-electron chi connectivity index (χ2n) is 5.75. The number of halogens is 1. The van der Waals surface area contributed by atoms with Crippen molar-refractivity contribution in [1.82, 2.24) is 5.32 Å². The predicted octanol–water partition coefficient (Wildman–Crippen LogP) is 3.66. The van der Waals surface area contributed by atoms with E-state index >= 15 is 0 Å². The van der Waals surface area contributed by atoms with Crippen LogP contribution in [0.15, 0.2) is 48.5 Å². The van der Waals surface area contributed by atoms with E-state index in [1.165, 1.54) is 11.3 Å². The summed E-state index contributed by atoms with van der Waals surface area (Å²) in [6.07, 6.45) is 0.965. The molecule has 0 radical (unpaired) electrons. The summed E-state index contributed by atoms with van der Waals surface area (Å²) in [6.45, 7) is 3.90. The maximum Gasteiger partial charge on any atom is 0.251 e. The number of carbonyl (C=O) groups is 1. The van der Waals surface area contributed by atoms with E-state index in [0.29, 0.717) is 10.6 Å². The van der Waals surface area contributed by atoms with Gasteiger partial charge >= 0.3 is 0 Å². The van der Waals surface area contributed by atoms with E-state index in [0.717, 1.165) is 19.5 Å². The highest BCUT2D eigenvalue weighted by Crippen LogP contribution is 2.21. The van der Waals surface area contributed by atoms with Crippen LogP contribution in [-0.4, -0.2) is 25.0 Å². The zero-order valence-corrected chi connectivity index (χ0v) is 13.3. The topological polar surface area (TPSA) is 32.3 Å². The molecule has 0 aliphatic carbocycles. The highest BCUT2D eigenvalue weighted by molar-refractivity contribution is 6.30. The standard InChI is InChI=1S/C18H19ClN2O/c1-13-2-8-17(9-3-13)21-11-10-16(12-21)20-18(22)14-4-6-15(19)7-5-14/h2-9,16H,10-12H2,1H3,(H,20,22). The highest BCUT2D eigenvalue weighted by atomic mass is 35.5. The van der Waals surface area contributed by atoms with Crippen LogP contribution in [0, 0.1) is 6.92 Å². The van der Waals surface area contributed by atoms with Gasteiger partial charge in [-0.25, -0.2) is 0 Å². The monoisotopic (exact) mass is 314 g/mol. The van der Waals surface area contributed by atoms with Crippen molar-refractivity contribution in [1.29, 1.82) is 0 Å². The maximum atomic E-state index is 12.2. The molecule has 1 saturated heterocycles. The SMILES string of the molecule is Cc1ccc(N2CCC(NC(=O)c3ccc(Cl)cc3)C2)cc1. The lowest BCUT2D eigenvalue weighted by atomic mass is 10.2. The molecule has 22 heavy (non-hydrogen) atoms. The molecule has 0 saturated carbocycles. The fourth-order valence-corrected chi connectivity index (χ4v) is 2.86. The van der Waals surface area contributed by atoms with Gasteiger partial charge in [0.2, 0.25) is 0 Å². The fourth-order valence-electron chi connectivity index (χ4n) is 2.74. The van der Waals surface area contributed by atoms with Crippen molar-refractivity contribution in [2.45, 2.75) is 19.4 Å². The van der Waals surface area contributed by atoms with Crippen molar-refractivity contribution < 1.29 is 4.79 Å². The largest absolute Gasteiger partial charge is 0.369 e. The number of rotatable bonds is 3. The van der Waals surface area contributed by atoms with E-state index in [-0.39, 0.29) is 11.9 Å². The Labute approximate surface area is 135 Å². The number of aryl methyl sites for hydroxylation is 1. The quantitative estimate of drug-likeness (QED) is 0.937. The van der Waals surface area contributed by atoms with Gasteiger partial charge in [-0.05, 0) is 49.7 Å². The van der Waals surface area contributed by atoms with E-state index in [4.69, 9.17) is 11.6 Å². The average molecular weight is 315 g/mol. The van der Waals surface area contributed by atoms with Crippen LogP contribution in [0.2, 0.25) is 5.02 Å². The van der Waals surface area contributed by atoms with Gasteiger partial charge in [-0.15, -0.1) is 0 Å². The summed E-state index contributed by atoms with van der Waals surface area (Å²) in [5.74, 6) is -0.0348. The summed E-state index contributed by atoms with van der Waals surface area (Å²) in [7, 11) is 0. The maximum absolute atomic E-state index is 12.2. The fraction of sp³-hybridized carbons (Fsp3) is 0.278. The van der Waals surface area contributed by atoms with Gasteiger partial charge in [-0.3, -0.25) is 4.79 Å². The number of nitrogens with one attached hydrogen (secondary N) is 1. The van der Waals surface area contributed by atoms with Gasteiger partial charge in [0.1, 0.15) is 0 Å². The summed E-state index contributed by atoms with van der Waals surface area (Å²) in [4.78, 5) is 14.5. The summed E-state index contributed by atoms with van der Waals surface area (Å²) in [6, 6.07) is 15.7. The predicted molar refractivity (Wildman–Crippen MR) is 90.7 cm³/mol. The molecule has 1 atom stereocenters. The molecule has 2 aromatic carbocycles. The minimum absolute atomic E-state index is 0.0348. The van der Waals surface area contributed by atoms with Gasteiger partial charge in [-0.1, -0.05) is 29.3 Å². The van der Waals surface area contributed by atoms with Gasteiger partial charge in [0.05, 0.1) is 0 Å². The smallest absolute Gasteiger partial charge is 0.251 e. The van der Waals surface area contributed by atoms with Crippen LogP contribution < -0.4 is 10.2 Å². The zero-order chi connectivity index (χ0) is 15.5.